The number of hydrogen-bond donors (Lipinski definition) is 1. The number of aromatic nitrogens is 1. The molecule has 0 aliphatic heterocycles. The molecule has 0 radical (unpaired) electrons. The van der Waals surface area contributed by atoms with Crippen LogP contribution in [-0.2, 0) is 22.7 Å². The molecule has 0 saturated carbocycles. The van der Waals surface area contributed by atoms with Crippen LogP contribution in [0.15, 0.2) is 70.7 Å². The summed E-state index contributed by atoms with van der Waals surface area (Å²) in [7, 11) is 2.99. The summed E-state index contributed by atoms with van der Waals surface area (Å²) in [4.78, 5) is 2.79. The first-order valence-electron chi connectivity index (χ1n) is 13.7. The number of aromatic hydroxyl groups is 1. The van der Waals surface area contributed by atoms with E-state index >= 15 is 0 Å². The van der Waals surface area contributed by atoms with Crippen molar-refractivity contribution in [1.82, 2.24) is 9.30 Å². The van der Waals surface area contributed by atoms with Crippen molar-refractivity contribution in [2.75, 3.05) is 41.5 Å². The van der Waals surface area contributed by atoms with Crippen LogP contribution < -0.4 is 14.2 Å². The number of nitrogens with zero attached hydrogens (tertiary/aromatic N) is 2. The van der Waals surface area contributed by atoms with Gasteiger partial charge in [0.25, 0.3) is 0 Å². The number of pyridine rings is 1. The van der Waals surface area contributed by atoms with Crippen LogP contribution >= 0.6 is 0 Å². The van der Waals surface area contributed by atoms with Crippen molar-refractivity contribution >= 4 is 15.4 Å². The molecule has 4 rings (SSSR count). The predicted molar refractivity (Wildman–Crippen MR) is 161 cm³/mol. The molecule has 1 N–H and O–H groups in total. The minimum absolute atomic E-state index is 0.0273. The van der Waals surface area contributed by atoms with E-state index in [1.807, 2.05) is 68.0 Å². The van der Waals surface area contributed by atoms with Crippen LogP contribution in [0.1, 0.15) is 42.9 Å². The summed E-state index contributed by atoms with van der Waals surface area (Å²) in [6.45, 7) is 5.54. The van der Waals surface area contributed by atoms with Crippen molar-refractivity contribution in [3.8, 4) is 23.0 Å². The fraction of sp³-hybridized carbons (Fsp3) is 0.375. The highest BCUT2D eigenvalue weighted by Crippen LogP contribution is 2.39. The van der Waals surface area contributed by atoms with Gasteiger partial charge >= 0.3 is 0 Å². The number of phenols is 1. The van der Waals surface area contributed by atoms with Gasteiger partial charge in [-0.2, -0.15) is 0 Å². The second kappa shape index (κ2) is 12.9. The third-order valence-corrected chi connectivity index (χ3v) is 9.34. The van der Waals surface area contributed by atoms with E-state index in [1.54, 1.807) is 27.4 Å². The van der Waals surface area contributed by atoms with Crippen molar-refractivity contribution in [1.29, 1.82) is 0 Å². The van der Waals surface area contributed by atoms with E-state index in [1.165, 1.54) is 12.1 Å². The lowest BCUT2D eigenvalue weighted by atomic mass is 10.1. The Labute approximate surface area is 243 Å². The topological polar surface area (TPSA) is 89.7 Å². The lowest BCUT2D eigenvalue weighted by molar-refractivity contribution is 0.320. The monoisotopic (exact) mass is 580 g/mol. The summed E-state index contributed by atoms with van der Waals surface area (Å²) in [5.41, 5.74) is 3.12. The minimum atomic E-state index is -3.84. The Balaban J connectivity index is 1.50. The molecular weight excluding hydrogens is 540 g/mol. The molecule has 2 aromatic carbocycles. The average Bonchev–Trinajstić information content (AvgIpc) is 3.36. The van der Waals surface area contributed by atoms with E-state index < -0.39 is 9.84 Å². The van der Waals surface area contributed by atoms with E-state index in [4.69, 9.17) is 14.2 Å². The Hall–Kier alpha value is -3.69. The fourth-order valence-corrected chi connectivity index (χ4v) is 7.23. The summed E-state index contributed by atoms with van der Waals surface area (Å²) in [6.07, 6.45) is 5.78. The molecule has 0 atom stereocenters. The molecule has 9 heteroatoms. The van der Waals surface area contributed by atoms with Gasteiger partial charge in [0.15, 0.2) is 11.5 Å². The van der Waals surface area contributed by atoms with E-state index in [0.29, 0.717) is 39.6 Å². The summed E-state index contributed by atoms with van der Waals surface area (Å²) in [6, 6.07) is 14.0. The van der Waals surface area contributed by atoms with Gasteiger partial charge in [-0.3, -0.25) is 0 Å². The molecule has 4 aromatic rings. The molecule has 0 amide bonds. The van der Waals surface area contributed by atoms with Gasteiger partial charge in [0.05, 0.1) is 31.7 Å². The Morgan fingerprint density at radius 3 is 2.27 bits per heavy atom. The third-order valence-electron chi connectivity index (χ3n) is 7.38. The van der Waals surface area contributed by atoms with Crippen LogP contribution in [0.5, 0.6) is 23.0 Å². The van der Waals surface area contributed by atoms with Crippen molar-refractivity contribution < 1.29 is 27.7 Å². The molecule has 8 nitrogen and oxygen atoms in total. The van der Waals surface area contributed by atoms with E-state index in [2.05, 4.69) is 4.90 Å². The van der Waals surface area contributed by atoms with Gasteiger partial charge in [0.1, 0.15) is 10.6 Å². The SMILES string of the molecule is COc1cc(CCN(C)CCCc2cc(O)ccc2S(=O)(=O)c2c(C(C)C)cn3ccccc23)cc(OC)c1OC. The van der Waals surface area contributed by atoms with Crippen LogP contribution in [0, 0.1) is 0 Å². The van der Waals surface area contributed by atoms with Crippen LogP contribution in [0.2, 0.25) is 0 Å². The van der Waals surface area contributed by atoms with E-state index in [0.717, 1.165) is 37.1 Å². The van der Waals surface area contributed by atoms with Crippen molar-refractivity contribution in [2.24, 2.45) is 0 Å². The van der Waals surface area contributed by atoms with E-state index in [9.17, 15) is 13.5 Å². The van der Waals surface area contributed by atoms with Crippen LogP contribution in [-0.4, -0.2) is 64.3 Å². The first kappa shape index (κ1) is 30.3. The zero-order valence-electron chi connectivity index (χ0n) is 24.7. The molecule has 0 fully saturated rings. The molecule has 220 valence electrons. The Morgan fingerprint density at radius 1 is 0.927 bits per heavy atom. The van der Waals surface area contributed by atoms with Crippen molar-refractivity contribution in [2.45, 2.75) is 48.8 Å². The number of phenolic OH excluding ortho intramolecular Hbond substituents is 1. The molecule has 41 heavy (non-hydrogen) atoms. The highest BCUT2D eigenvalue weighted by Gasteiger charge is 2.29. The zero-order chi connectivity index (χ0) is 29.7. The molecule has 0 spiro atoms. The molecule has 2 aromatic heterocycles. The van der Waals surface area contributed by atoms with Gasteiger partial charge in [-0.05, 0) is 97.9 Å². The molecule has 0 bridgehead atoms. The van der Waals surface area contributed by atoms with E-state index in [-0.39, 0.29) is 16.6 Å². The Morgan fingerprint density at radius 2 is 1.63 bits per heavy atom. The van der Waals surface area contributed by atoms with Gasteiger partial charge in [-0.25, -0.2) is 8.42 Å². The zero-order valence-corrected chi connectivity index (χ0v) is 25.5. The second-order valence-corrected chi connectivity index (χ2v) is 12.4. The van der Waals surface area contributed by atoms with Crippen LogP contribution in [0.25, 0.3) is 5.52 Å². The number of likely N-dealkylation sites (N-methyl/N-ethyl adjacent to an activating group) is 1. The summed E-state index contributed by atoms with van der Waals surface area (Å²) in [5, 5.41) is 10.3. The molecule has 0 aliphatic carbocycles. The predicted octanol–water partition coefficient (Wildman–Crippen LogP) is 5.73. The number of rotatable bonds is 13. The number of hydrogen-bond acceptors (Lipinski definition) is 7. The van der Waals surface area contributed by atoms with Gasteiger partial charge in [-0.1, -0.05) is 19.9 Å². The number of fused-ring (bicyclic) bond motifs is 1. The van der Waals surface area contributed by atoms with Crippen molar-refractivity contribution in [3.05, 3.63) is 77.6 Å². The Bertz CT molecular complexity index is 1580. The summed E-state index contributed by atoms with van der Waals surface area (Å²) < 4.78 is 46.5. The summed E-state index contributed by atoms with van der Waals surface area (Å²) in [5.74, 6) is 1.90. The standard InChI is InChI=1S/C32H40N2O6S/c1-22(2)26-21-34-16-8-7-11-27(34)32(26)41(36,37)30-13-12-25(35)20-24(30)10-9-15-33(3)17-14-23-18-28(38-4)31(40-6)29(19-23)39-5/h7-8,11-13,16,18-22,35H,9-10,14-15,17H2,1-6H3. The maximum Gasteiger partial charge on any atom is 0.209 e. The fourth-order valence-electron chi connectivity index (χ4n) is 5.21. The molecular formula is C32H40N2O6S. The number of methoxy groups -OCH3 is 3. The molecule has 2 heterocycles. The average molecular weight is 581 g/mol. The maximum atomic E-state index is 14.1. The van der Waals surface area contributed by atoms with Crippen molar-refractivity contribution in [3.63, 3.8) is 0 Å². The first-order valence-corrected chi connectivity index (χ1v) is 15.2. The highest BCUT2D eigenvalue weighted by molar-refractivity contribution is 7.91. The molecule has 0 unspecified atom stereocenters. The van der Waals surface area contributed by atoms with Gasteiger partial charge in [0, 0.05) is 18.9 Å². The minimum Gasteiger partial charge on any atom is -0.508 e. The first-order chi connectivity index (χ1) is 19.6. The third kappa shape index (κ3) is 6.47. The second-order valence-electron chi connectivity index (χ2n) is 10.5. The van der Waals surface area contributed by atoms with Crippen LogP contribution in [0.4, 0.5) is 0 Å². The largest absolute Gasteiger partial charge is 0.508 e. The molecule has 0 saturated heterocycles. The number of benzene rings is 2. The summed E-state index contributed by atoms with van der Waals surface area (Å²) >= 11 is 0. The lowest BCUT2D eigenvalue weighted by Gasteiger charge is -2.19. The highest BCUT2D eigenvalue weighted by atomic mass is 32.2. The van der Waals surface area contributed by atoms with Gasteiger partial charge < -0.3 is 28.6 Å². The Kier molecular flexibility index (Phi) is 9.50. The maximum absolute atomic E-state index is 14.1. The normalized spacial score (nSPS) is 11.9. The number of ether oxygens (including phenoxy) is 3. The van der Waals surface area contributed by atoms with Gasteiger partial charge in [-0.15, -0.1) is 0 Å². The quantitative estimate of drug-likeness (QED) is 0.216. The van der Waals surface area contributed by atoms with Crippen LogP contribution in [0.3, 0.4) is 0 Å². The number of sulfone groups is 1. The smallest absolute Gasteiger partial charge is 0.209 e. The lowest BCUT2D eigenvalue weighted by Crippen LogP contribution is -2.23. The number of aryl methyl sites for hydroxylation is 1. The van der Waals surface area contributed by atoms with Gasteiger partial charge in [0.2, 0.25) is 15.6 Å². The molecule has 0 aliphatic rings.